The first-order valence-electron chi connectivity index (χ1n) is 9.38. The molecule has 0 radical (unpaired) electrons. The Morgan fingerprint density at radius 1 is 1.17 bits per heavy atom. The predicted molar refractivity (Wildman–Crippen MR) is 108 cm³/mol. The Kier molecular flexibility index (Phi) is 5.28. The fraction of sp³-hybridized carbons (Fsp3) is 0.333. The zero-order chi connectivity index (χ0) is 21.1. The number of benzene rings is 1. The van der Waals surface area contributed by atoms with Crippen LogP contribution in [0, 0.1) is 0 Å². The number of amides is 1. The van der Waals surface area contributed by atoms with Crippen molar-refractivity contribution in [2.45, 2.75) is 18.9 Å². The summed E-state index contributed by atoms with van der Waals surface area (Å²) in [7, 11) is 1.82. The van der Waals surface area contributed by atoms with E-state index in [0.717, 1.165) is 5.69 Å². The van der Waals surface area contributed by atoms with E-state index in [2.05, 4.69) is 30.4 Å². The first kappa shape index (κ1) is 19.4. The standard InChI is InChI=1S/C18H21N9O3/c1-26(12-5-3-2-4-6-12)16-22-13(21-15(19)24-16)14-23-17(30-25-14)27-9-7-11(8-10-27)20-18(28)29/h2-6,11,20H,7-10H2,1H3,(H,28,29)(H2,19,21,22,24). The molecule has 1 aromatic carbocycles. The summed E-state index contributed by atoms with van der Waals surface area (Å²) in [5, 5.41) is 15.3. The van der Waals surface area contributed by atoms with Crippen LogP contribution < -0.4 is 20.9 Å². The molecule has 2 aromatic heterocycles. The number of nitrogens with one attached hydrogen (secondary N) is 1. The molecule has 0 bridgehead atoms. The van der Waals surface area contributed by atoms with E-state index in [4.69, 9.17) is 15.4 Å². The Balaban J connectivity index is 1.51. The molecular weight excluding hydrogens is 390 g/mol. The lowest BCUT2D eigenvalue weighted by molar-refractivity contribution is 0.187. The summed E-state index contributed by atoms with van der Waals surface area (Å²) in [5.41, 5.74) is 6.77. The molecule has 0 aliphatic carbocycles. The number of nitrogen functional groups attached to an aromatic ring is 1. The van der Waals surface area contributed by atoms with Crippen molar-refractivity contribution in [3.8, 4) is 11.6 Å². The molecule has 0 unspecified atom stereocenters. The third-order valence-corrected chi connectivity index (χ3v) is 4.79. The predicted octanol–water partition coefficient (Wildman–Crippen LogP) is 1.51. The van der Waals surface area contributed by atoms with Crippen LogP contribution in [0.3, 0.4) is 0 Å². The summed E-state index contributed by atoms with van der Waals surface area (Å²) in [6.07, 6.45) is 0.279. The topological polar surface area (TPSA) is 159 Å². The Morgan fingerprint density at radius 3 is 2.60 bits per heavy atom. The maximum Gasteiger partial charge on any atom is 0.404 e. The third-order valence-electron chi connectivity index (χ3n) is 4.79. The van der Waals surface area contributed by atoms with Crippen molar-refractivity contribution in [2.75, 3.05) is 35.7 Å². The second-order valence-electron chi connectivity index (χ2n) is 6.82. The smallest absolute Gasteiger partial charge is 0.404 e. The van der Waals surface area contributed by atoms with Gasteiger partial charge in [-0.25, -0.2) is 4.79 Å². The largest absolute Gasteiger partial charge is 0.465 e. The highest BCUT2D eigenvalue weighted by Crippen LogP contribution is 2.24. The summed E-state index contributed by atoms with van der Waals surface area (Å²) in [6.45, 7) is 1.18. The third kappa shape index (κ3) is 4.21. The van der Waals surface area contributed by atoms with Gasteiger partial charge < -0.3 is 30.5 Å². The molecule has 3 heterocycles. The number of rotatable bonds is 5. The van der Waals surface area contributed by atoms with E-state index in [-0.39, 0.29) is 23.6 Å². The lowest BCUT2D eigenvalue weighted by Crippen LogP contribution is -2.44. The van der Waals surface area contributed by atoms with Crippen LogP contribution in [-0.4, -0.2) is 62.5 Å². The molecule has 0 atom stereocenters. The average Bonchev–Trinajstić information content (AvgIpc) is 3.24. The highest BCUT2D eigenvalue weighted by molar-refractivity contribution is 5.65. The zero-order valence-electron chi connectivity index (χ0n) is 16.3. The molecule has 4 rings (SSSR count). The summed E-state index contributed by atoms with van der Waals surface area (Å²) >= 11 is 0. The summed E-state index contributed by atoms with van der Waals surface area (Å²) in [4.78, 5) is 31.6. The van der Waals surface area contributed by atoms with Crippen LogP contribution >= 0.6 is 0 Å². The molecule has 0 spiro atoms. The number of carboxylic acid groups (broad SMARTS) is 1. The van der Waals surface area contributed by atoms with Crippen molar-refractivity contribution in [2.24, 2.45) is 0 Å². The number of hydrogen-bond acceptors (Lipinski definition) is 10. The van der Waals surface area contributed by atoms with Crippen LogP contribution in [0.25, 0.3) is 11.6 Å². The molecule has 1 aliphatic heterocycles. The van der Waals surface area contributed by atoms with Crippen molar-refractivity contribution in [3.05, 3.63) is 30.3 Å². The van der Waals surface area contributed by atoms with Crippen molar-refractivity contribution in [1.82, 2.24) is 30.4 Å². The molecule has 1 saturated heterocycles. The van der Waals surface area contributed by atoms with Gasteiger partial charge in [-0.05, 0) is 25.0 Å². The highest BCUT2D eigenvalue weighted by Gasteiger charge is 2.25. The number of nitrogens with zero attached hydrogens (tertiary/aromatic N) is 7. The maximum absolute atomic E-state index is 10.8. The van der Waals surface area contributed by atoms with Crippen LogP contribution in [0.15, 0.2) is 34.9 Å². The van der Waals surface area contributed by atoms with E-state index >= 15 is 0 Å². The van der Waals surface area contributed by atoms with Gasteiger partial charge in [0, 0.05) is 31.9 Å². The summed E-state index contributed by atoms with van der Waals surface area (Å²) < 4.78 is 5.37. The van der Waals surface area contributed by atoms with E-state index in [9.17, 15) is 4.79 Å². The quantitative estimate of drug-likeness (QED) is 0.558. The van der Waals surface area contributed by atoms with Gasteiger partial charge in [-0.3, -0.25) is 0 Å². The van der Waals surface area contributed by atoms with E-state index < -0.39 is 6.09 Å². The fourth-order valence-electron chi connectivity index (χ4n) is 3.22. The zero-order valence-corrected chi connectivity index (χ0v) is 16.3. The fourth-order valence-corrected chi connectivity index (χ4v) is 3.22. The van der Waals surface area contributed by atoms with Crippen LogP contribution in [-0.2, 0) is 0 Å². The van der Waals surface area contributed by atoms with Gasteiger partial charge in [0.25, 0.3) is 0 Å². The van der Waals surface area contributed by atoms with Gasteiger partial charge in [-0.15, -0.1) is 0 Å². The van der Waals surface area contributed by atoms with Gasteiger partial charge in [-0.2, -0.15) is 19.9 Å². The molecular formula is C18H21N9O3. The van der Waals surface area contributed by atoms with Crippen LogP contribution in [0.4, 0.5) is 28.4 Å². The number of hydrogen-bond donors (Lipinski definition) is 3. The summed E-state index contributed by atoms with van der Waals surface area (Å²) in [5.74, 6) is 0.811. The molecule has 12 nitrogen and oxygen atoms in total. The van der Waals surface area contributed by atoms with Gasteiger partial charge in [0.15, 0.2) is 0 Å². The second kappa shape index (κ2) is 8.19. The minimum absolute atomic E-state index is 0.0460. The first-order chi connectivity index (χ1) is 14.5. The number of piperidine rings is 1. The first-order valence-corrected chi connectivity index (χ1v) is 9.38. The Morgan fingerprint density at radius 2 is 1.90 bits per heavy atom. The maximum atomic E-state index is 10.8. The number of para-hydroxylation sites is 1. The van der Waals surface area contributed by atoms with Crippen LogP contribution in [0.5, 0.6) is 0 Å². The Bertz CT molecular complexity index is 1020. The van der Waals surface area contributed by atoms with E-state index in [1.807, 2.05) is 42.3 Å². The summed E-state index contributed by atoms with van der Waals surface area (Å²) in [6, 6.07) is 9.85. The minimum Gasteiger partial charge on any atom is -0.465 e. The number of anilines is 4. The van der Waals surface area contributed by atoms with E-state index in [1.165, 1.54) is 0 Å². The van der Waals surface area contributed by atoms with Gasteiger partial charge in [0.1, 0.15) is 0 Å². The lowest BCUT2D eigenvalue weighted by atomic mass is 10.1. The van der Waals surface area contributed by atoms with Crippen molar-refractivity contribution >= 4 is 29.7 Å². The van der Waals surface area contributed by atoms with Crippen LogP contribution in [0.2, 0.25) is 0 Å². The molecule has 1 fully saturated rings. The SMILES string of the molecule is CN(c1ccccc1)c1nc(N)nc(-c2noc(N3CCC(NC(=O)O)CC3)n2)n1. The highest BCUT2D eigenvalue weighted by atomic mass is 16.5. The molecule has 12 heteroatoms. The molecule has 156 valence electrons. The number of nitrogens with two attached hydrogens (primary N) is 1. The molecule has 4 N–H and O–H groups in total. The van der Waals surface area contributed by atoms with Gasteiger partial charge >= 0.3 is 12.1 Å². The van der Waals surface area contributed by atoms with Gasteiger partial charge in [-0.1, -0.05) is 23.4 Å². The molecule has 3 aromatic rings. The number of aromatic nitrogens is 5. The Hall–Kier alpha value is -3.96. The van der Waals surface area contributed by atoms with Crippen molar-refractivity contribution in [3.63, 3.8) is 0 Å². The second-order valence-corrected chi connectivity index (χ2v) is 6.82. The monoisotopic (exact) mass is 411 g/mol. The van der Waals surface area contributed by atoms with E-state index in [0.29, 0.717) is 37.9 Å². The minimum atomic E-state index is -1.02. The lowest BCUT2D eigenvalue weighted by Gasteiger charge is -2.30. The van der Waals surface area contributed by atoms with Crippen LogP contribution in [0.1, 0.15) is 12.8 Å². The normalized spacial score (nSPS) is 14.5. The Labute approximate surface area is 171 Å². The van der Waals surface area contributed by atoms with Gasteiger partial charge in [0.05, 0.1) is 0 Å². The van der Waals surface area contributed by atoms with Gasteiger partial charge in [0.2, 0.25) is 23.5 Å². The molecule has 0 saturated carbocycles. The number of carbonyl (C=O) groups is 1. The van der Waals surface area contributed by atoms with Crippen molar-refractivity contribution < 1.29 is 14.4 Å². The molecule has 1 amide bonds. The average molecular weight is 411 g/mol. The molecule has 30 heavy (non-hydrogen) atoms. The van der Waals surface area contributed by atoms with Crippen molar-refractivity contribution in [1.29, 1.82) is 0 Å². The van der Waals surface area contributed by atoms with E-state index in [1.54, 1.807) is 4.90 Å². The molecule has 1 aliphatic rings.